The van der Waals surface area contributed by atoms with Gasteiger partial charge in [0, 0.05) is 25.2 Å². The van der Waals surface area contributed by atoms with Crippen LogP contribution in [0.25, 0.3) is 12.2 Å². The second-order valence-corrected chi connectivity index (χ2v) is 8.93. The van der Waals surface area contributed by atoms with E-state index in [-0.39, 0.29) is 22.5 Å². The van der Waals surface area contributed by atoms with Gasteiger partial charge in [0.1, 0.15) is 9.79 Å². The molecule has 0 heterocycles. The SMILES string of the molecule is CC(=O)Nc1ccc(/C=C/c2ccc(NC(C)=O)cc2S(=O)(=O)O)c(S(=O)(=O)O)c1. The topological polar surface area (TPSA) is 167 Å². The van der Waals surface area contributed by atoms with Crippen molar-refractivity contribution in [3.63, 3.8) is 0 Å². The van der Waals surface area contributed by atoms with Gasteiger partial charge in [-0.1, -0.05) is 24.3 Å². The van der Waals surface area contributed by atoms with E-state index in [4.69, 9.17) is 0 Å². The normalized spacial score (nSPS) is 12.0. The van der Waals surface area contributed by atoms with Gasteiger partial charge in [0.15, 0.2) is 0 Å². The van der Waals surface area contributed by atoms with Crippen LogP contribution in [-0.4, -0.2) is 37.8 Å². The first-order valence-corrected chi connectivity index (χ1v) is 11.1. The van der Waals surface area contributed by atoms with Crippen molar-refractivity contribution in [3.8, 4) is 0 Å². The van der Waals surface area contributed by atoms with Crippen molar-refractivity contribution in [2.45, 2.75) is 23.6 Å². The average Bonchev–Trinajstić information content (AvgIpc) is 2.58. The van der Waals surface area contributed by atoms with Gasteiger partial charge >= 0.3 is 0 Å². The summed E-state index contributed by atoms with van der Waals surface area (Å²) in [4.78, 5) is 21.3. The maximum absolute atomic E-state index is 11.7. The van der Waals surface area contributed by atoms with E-state index in [9.17, 15) is 35.5 Å². The zero-order valence-corrected chi connectivity index (χ0v) is 17.4. The molecule has 10 nitrogen and oxygen atoms in total. The Morgan fingerprint density at radius 1 is 0.733 bits per heavy atom. The smallest absolute Gasteiger partial charge is 0.295 e. The largest absolute Gasteiger partial charge is 0.326 e. The van der Waals surface area contributed by atoms with Gasteiger partial charge in [-0.2, -0.15) is 16.8 Å². The molecule has 2 rings (SSSR count). The van der Waals surface area contributed by atoms with Crippen LogP contribution >= 0.6 is 0 Å². The fourth-order valence-electron chi connectivity index (χ4n) is 2.53. The van der Waals surface area contributed by atoms with Crippen LogP contribution in [0.2, 0.25) is 0 Å². The summed E-state index contributed by atoms with van der Waals surface area (Å²) < 4.78 is 65.8. The summed E-state index contributed by atoms with van der Waals surface area (Å²) in [6.07, 6.45) is 2.42. The van der Waals surface area contributed by atoms with Crippen LogP contribution in [0.5, 0.6) is 0 Å². The second kappa shape index (κ2) is 8.75. The monoisotopic (exact) mass is 454 g/mol. The molecule has 4 N–H and O–H groups in total. The number of rotatable bonds is 6. The highest BCUT2D eigenvalue weighted by Gasteiger charge is 2.17. The molecule has 0 spiro atoms. The predicted octanol–water partition coefficient (Wildman–Crippen LogP) is 2.27. The van der Waals surface area contributed by atoms with Gasteiger partial charge < -0.3 is 10.6 Å². The number of benzene rings is 2. The predicted molar refractivity (Wildman–Crippen MR) is 110 cm³/mol. The Balaban J connectivity index is 2.56. The number of hydrogen-bond donors (Lipinski definition) is 4. The molecule has 0 aromatic heterocycles. The Morgan fingerprint density at radius 3 is 1.33 bits per heavy atom. The summed E-state index contributed by atoms with van der Waals surface area (Å²) in [5.74, 6) is -0.895. The van der Waals surface area contributed by atoms with E-state index in [2.05, 4.69) is 10.6 Å². The quantitative estimate of drug-likeness (QED) is 0.381. The average molecular weight is 454 g/mol. The lowest BCUT2D eigenvalue weighted by atomic mass is 10.1. The molecular formula is C18H18N2O8S2. The Hall–Kier alpha value is -3.06. The van der Waals surface area contributed by atoms with Crippen LogP contribution < -0.4 is 10.6 Å². The lowest BCUT2D eigenvalue weighted by Crippen LogP contribution is -2.08. The van der Waals surface area contributed by atoms with E-state index < -0.39 is 41.8 Å². The summed E-state index contributed by atoms with van der Waals surface area (Å²) in [5, 5.41) is 4.77. The van der Waals surface area contributed by atoms with Crippen LogP contribution in [0.4, 0.5) is 11.4 Å². The molecule has 12 heteroatoms. The minimum Gasteiger partial charge on any atom is -0.326 e. The maximum Gasteiger partial charge on any atom is 0.295 e. The van der Waals surface area contributed by atoms with Gasteiger partial charge in [0.25, 0.3) is 20.2 Å². The van der Waals surface area contributed by atoms with Crippen molar-refractivity contribution in [2.75, 3.05) is 10.6 Å². The van der Waals surface area contributed by atoms with Crippen LogP contribution in [-0.2, 0) is 29.8 Å². The lowest BCUT2D eigenvalue weighted by Gasteiger charge is -2.09. The fourth-order valence-corrected chi connectivity index (χ4v) is 3.95. The molecule has 0 atom stereocenters. The maximum atomic E-state index is 11.7. The molecule has 0 unspecified atom stereocenters. The number of carbonyl (C=O) groups is 2. The van der Waals surface area contributed by atoms with Crippen molar-refractivity contribution >= 4 is 55.6 Å². The van der Waals surface area contributed by atoms with Crippen LogP contribution in [0.3, 0.4) is 0 Å². The summed E-state index contributed by atoms with van der Waals surface area (Å²) in [5.41, 5.74) is 0.258. The first-order valence-electron chi connectivity index (χ1n) is 8.24. The Kier molecular flexibility index (Phi) is 6.77. The van der Waals surface area contributed by atoms with Gasteiger partial charge in [0.05, 0.1) is 0 Å². The zero-order chi connectivity index (χ0) is 22.7. The Morgan fingerprint density at radius 2 is 1.07 bits per heavy atom. The van der Waals surface area contributed by atoms with E-state index in [1.165, 1.54) is 50.3 Å². The van der Waals surface area contributed by atoms with Crippen molar-refractivity contribution < 1.29 is 35.5 Å². The van der Waals surface area contributed by atoms with Crippen molar-refractivity contribution in [1.29, 1.82) is 0 Å². The number of anilines is 2. The summed E-state index contributed by atoms with van der Waals surface area (Å²) in [6, 6.07) is 7.45. The van der Waals surface area contributed by atoms with E-state index in [1.54, 1.807) is 0 Å². The molecule has 0 saturated heterocycles. The molecule has 160 valence electrons. The van der Waals surface area contributed by atoms with Crippen molar-refractivity contribution in [2.24, 2.45) is 0 Å². The fraction of sp³-hybridized carbons (Fsp3) is 0.111. The van der Waals surface area contributed by atoms with Gasteiger partial charge in [0.2, 0.25) is 11.8 Å². The molecule has 2 aromatic carbocycles. The molecule has 0 saturated carbocycles. The zero-order valence-electron chi connectivity index (χ0n) is 15.8. The number of nitrogens with one attached hydrogen (secondary N) is 2. The van der Waals surface area contributed by atoms with E-state index in [0.29, 0.717) is 0 Å². The Bertz CT molecular complexity index is 1150. The number of amides is 2. The van der Waals surface area contributed by atoms with E-state index >= 15 is 0 Å². The summed E-state index contributed by atoms with van der Waals surface area (Å²) in [6.45, 7) is 2.45. The highest BCUT2D eigenvalue weighted by molar-refractivity contribution is 7.86. The van der Waals surface area contributed by atoms with E-state index in [0.717, 1.165) is 12.1 Å². The molecule has 2 aromatic rings. The van der Waals surface area contributed by atoms with Gasteiger partial charge in [-0.3, -0.25) is 18.7 Å². The molecule has 0 bridgehead atoms. The third-order valence-corrected chi connectivity index (χ3v) is 5.48. The van der Waals surface area contributed by atoms with E-state index in [1.807, 2.05) is 0 Å². The lowest BCUT2D eigenvalue weighted by molar-refractivity contribution is -0.115. The minimum atomic E-state index is -4.67. The first-order chi connectivity index (χ1) is 13.8. The third-order valence-electron chi connectivity index (χ3n) is 3.67. The Labute approximate surface area is 173 Å². The molecule has 0 aliphatic heterocycles. The number of hydrogen-bond acceptors (Lipinski definition) is 6. The molecular weight excluding hydrogens is 436 g/mol. The van der Waals surface area contributed by atoms with Crippen molar-refractivity contribution in [1.82, 2.24) is 0 Å². The molecule has 0 fully saturated rings. The van der Waals surface area contributed by atoms with Gasteiger partial charge in [-0.15, -0.1) is 0 Å². The summed E-state index contributed by atoms with van der Waals surface area (Å²) in [7, 11) is -9.35. The highest BCUT2D eigenvalue weighted by atomic mass is 32.2. The minimum absolute atomic E-state index is 0.00109. The van der Waals surface area contributed by atoms with Gasteiger partial charge in [-0.05, 0) is 35.4 Å². The second-order valence-electron chi connectivity index (χ2n) is 6.15. The molecule has 0 aliphatic carbocycles. The summed E-state index contributed by atoms with van der Waals surface area (Å²) >= 11 is 0. The molecule has 2 amide bonds. The van der Waals surface area contributed by atoms with Crippen LogP contribution in [0.1, 0.15) is 25.0 Å². The standard InChI is InChI=1S/C18H18N2O8S2/c1-11(21)19-15-7-5-13(17(9-15)29(23,24)25)3-4-14-6-8-16(20-12(2)22)10-18(14)30(26,27)28/h3-10H,1-2H3,(H,19,21)(H,20,22)(H,23,24,25)(H,26,27,28)/b4-3+. The molecule has 0 aliphatic rings. The van der Waals surface area contributed by atoms with Crippen LogP contribution in [0.15, 0.2) is 46.2 Å². The molecule has 30 heavy (non-hydrogen) atoms. The first kappa shape index (κ1) is 23.2. The van der Waals surface area contributed by atoms with Gasteiger partial charge in [-0.25, -0.2) is 0 Å². The van der Waals surface area contributed by atoms with Crippen molar-refractivity contribution in [3.05, 3.63) is 47.5 Å². The number of carbonyl (C=O) groups excluding carboxylic acids is 2. The highest BCUT2D eigenvalue weighted by Crippen LogP contribution is 2.26. The van der Waals surface area contributed by atoms with Crippen LogP contribution in [0, 0.1) is 0 Å². The molecule has 0 radical (unpaired) electrons. The third kappa shape index (κ3) is 6.22.